The van der Waals surface area contributed by atoms with Crippen molar-refractivity contribution in [2.45, 2.75) is 44.6 Å². The van der Waals surface area contributed by atoms with Crippen molar-refractivity contribution in [1.82, 2.24) is 0 Å². The van der Waals surface area contributed by atoms with Gasteiger partial charge in [0, 0.05) is 11.1 Å². The SMILES string of the molecule is Cc1cc(C[SH+]Cc2ccccc2)cc(C(C)(C)C)c1O.F[B-](F)(F)F. The molecule has 0 aliphatic rings. The van der Waals surface area contributed by atoms with Gasteiger partial charge in [-0.05, 0) is 47.4 Å². The fourth-order valence-electron chi connectivity index (χ4n) is 2.41. The predicted molar refractivity (Wildman–Crippen MR) is 104 cm³/mol. The number of hydrogen-bond acceptors (Lipinski definition) is 1. The van der Waals surface area contributed by atoms with Crippen LogP contribution in [0.1, 0.15) is 43.0 Å². The minimum atomic E-state index is -6.00. The van der Waals surface area contributed by atoms with E-state index in [-0.39, 0.29) is 5.41 Å². The third-order valence-electron chi connectivity index (χ3n) is 3.60. The van der Waals surface area contributed by atoms with Crippen molar-refractivity contribution in [3.8, 4) is 5.75 Å². The topological polar surface area (TPSA) is 20.2 Å². The van der Waals surface area contributed by atoms with Gasteiger partial charge in [0.25, 0.3) is 0 Å². The quantitative estimate of drug-likeness (QED) is 0.303. The summed E-state index contributed by atoms with van der Waals surface area (Å²) < 4.78 is 39.0. The molecule has 0 unspecified atom stereocenters. The summed E-state index contributed by atoms with van der Waals surface area (Å²) >= 11 is 1.40. The fraction of sp³-hybridized carbons (Fsp3) is 0.368. The molecule has 0 aliphatic carbocycles. The molecule has 0 atom stereocenters. The maximum atomic E-state index is 10.3. The Hall–Kier alpha value is -1.63. The Morgan fingerprint density at radius 2 is 1.42 bits per heavy atom. The second kappa shape index (κ2) is 9.35. The molecule has 0 amide bonds. The fourth-order valence-corrected chi connectivity index (χ4v) is 3.44. The first-order valence-corrected chi connectivity index (χ1v) is 9.52. The maximum absolute atomic E-state index is 10.3. The van der Waals surface area contributed by atoms with Gasteiger partial charge >= 0.3 is 7.25 Å². The minimum absolute atomic E-state index is 0.0266. The standard InChI is InChI=1S/C19H24OS.BF4/c1-14-10-16(11-17(18(14)20)19(2,3)4)13-21-12-15-8-6-5-7-9-15;2-1(3,4)5/h5-11,20H,12-13H2,1-4H3;/q;-1/p+1. The molecule has 0 radical (unpaired) electrons. The summed E-state index contributed by atoms with van der Waals surface area (Å²) in [7, 11) is -6.00. The number of thiol groups is 1. The van der Waals surface area contributed by atoms with Gasteiger partial charge in [0.05, 0.1) is 0 Å². The van der Waals surface area contributed by atoms with E-state index in [9.17, 15) is 22.4 Å². The van der Waals surface area contributed by atoms with Gasteiger partial charge in [-0.2, -0.15) is 0 Å². The molecule has 0 aromatic heterocycles. The van der Waals surface area contributed by atoms with E-state index in [2.05, 4.69) is 63.2 Å². The number of benzene rings is 2. The summed E-state index contributed by atoms with van der Waals surface area (Å²) in [6.07, 6.45) is 0. The van der Waals surface area contributed by atoms with Crippen LogP contribution in [0.3, 0.4) is 0 Å². The molecule has 2 rings (SSSR count). The molecule has 0 fully saturated rings. The van der Waals surface area contributed by atoms with Crippen LogP contribution < -0.4 is 0 Å². The molecular formula is C19H25BF4OS. The Kier molecular flexibility index (Phi) is 8.06. The molecule has 0 bridgehead atoms. The Morgan fingerprint density at radius 1 is 0.923 bits per heavy atom. The first-order chi connectivity index (χ1) is 11.9. The Bertz CT molecular complexity index is 691. The van der Waals surface area contributed by atoms with Gasteiger partial charge in [-0.15, -0.1) is 0 Å². The Labute approximate surface area is 156 Å². The van der Waals surface area contributed by atoms with Gasteiger partial charge in [0.1, 0.15) is 17.3 Å². The summed E-state index contributed by atoms with van der Waals surface area (Å²) in [4.78, 5) is 0. The summed E-state index contributed by atoms with van der Waals surface area (Å²) in [5.41, 5.74) is 4.69. The number of halogens is 4. The lowest BCUT2D eigenvalue weighted by Gasteiger charge is -2.22. The number of phenolic OH excluding ortho intramolecular Hbond substituents is 1. The number of aryl methyl sites for hydroxylation is 1. The summed E-state index contributed by atoms with van der Waals surface area (Å²) in [6.45, 7) is 8.43. The van der Waals surface area contributed by atoms with E-state index in [1.807, 2.05) is 6.92 Å². The van der Waals surface area contributed by atoms with Crippen molar-refractivity contribution in [3.05, 3.63) is 64.7 Å². The molecule has 0 saturated carbocycles. The van der Waals surface area contributed by atoms with Crippen LogP contribution in [0.25, 0.3) is 0 Å². The molecule has 7 heteroatoms. The Morgan fingerprint density at radius 3 is 1.92 bits per heavy atom. The minimum Gasteiger partial charge on any atom is -0.507 e. The van der Waals surface area contributed by atoms with Crippen molar-refractivity contribution in [2.75, 3.05) is 0 Å². The summed E-state index contributed by atoms with van der Waals surface area (Å²) in [5, 5.41) is 10.3. The van der Waals surface area contributed by atoms with Crippen LogP contribution in [0.5, 0.6) is 5.75 Å². The van der Waals surface area contributed by atoms with Crippen LogP contribution in [0, 0.1) is 6.92 Å². The number of rotatable bonds is 4. The molecule has 0 heterocycles. The molecule has 0 saturated heterocycles. The second-order valence-electron chi connectivity index (χ2n) is 7.08. The molecule has 26 heavy (non-hydrogen) atoms. The second-order valence-corrected chi connectivity index (χ2v) is 8.16. The Balaban J connectivity index is 0.000000597. The number of hydrogen-bond donors (Lipinski definition) is 1. The maximum Gasteiger partial charge on any atom is 0.673 e. The van der Waals surface area contributed by atoms with E-state index < -0.39 is 7.25 Å². The molecule has 0 aliphatic heterocycles. The van der Waals surface area contributed by atoms with Gasteiger partial charge in [-0.1, -0.05) is 51.1 Å². The highest BCUT2D eigenvalue weighted by atomic mass is 32.2. The predicted octanol–water partition coefficient (Wildman–Crippen LogP) is 5.81. The van der Waals surface area contributed by atoms with Gasteiger partial charge in [-0.25, -0.2) is 0 Å². The smallest absolute Gasteiger partial charge is 0.507 e. The third kappa shape index (κ3) is 8.65. The van der Waals surface area contributed by atoms with Gasteiger partial charge in [0.2, 0.25) is 0 Å². The van der Waals surface area contributed by atoms with Crippen molar-refractivity contribution in [2.24, 2.45) is 0 Å². The highest BCUT2D eigenvalue weighted by Gasteiger charge is 2.21. The average molecular weight is 388 g/mol. The highest BCUT2D eigenvalue weighted by molar-refractivity contribution is 7.76. The van der Waals surface area contributed by atoms with E-state index in [4.69, 9.17) is 0 Å². The molecule has 2 aromatic rings. The average Bonchev–Trinajstić information content (AvgIpc) is 2.49. The molecule has 1 N–H and O–H groups in total. The third-order valence-corrected chi connectivity index (χ3v) is 4.78. The lowest BCUT2D eigenvalue weighted by molar-refractivity contribution is 0.368. The van der Waals surface area contributed by atoms with E-state index in [1.54, 1.807) is 0 Å². The van der Waals surface area contributed by atoms with Crippen LogP contribution in [0.2, 0.25) is 0 Å². The largest absolute Gasteiger partial charge is 0.673 e. The lowest BCUT2D eigenvalue weighted by atomic mass is 9.84. The van der Waals surface area contributed by atoms with Crippen LogP contribution in [0.15, 0.2) is 42.5 Å². The van der Waals surface area contributed by atoms with Crippen LogP contribution in [-0.2, 0) is 28.7 Å². The molecule has 144 valence electrons. The number of phenols is 1. The van der Waals surface area contributed by atoms with E-state index in [0.717, 1.165) is 22.6 Å². The monoisotopic (exact) mass is 388 g/mol. The van der Waals surface area contributed by atoms with Gasteiger partial charge in [-0.3, -0.25) is 0 Å². The summed E-state index contributed by atoms with van der Waals surface area (Å²) in [6, 6.07) is 14.9. The zero-order valence-corrected chi connectivity index (χ0v) is 16.3. The number of aromatic hydroxyl groups is 1. The van der Waals surface area contributed by atoms with E-state index >= 15 is 0 Å². The van der Waals surface area contributed by atoms with Gasteiger partial charge in [0.15, 0.2) is 0 Å². The van der Waals surface area contributed by atoms with Crippen molar-refractivity contribution in [1.29, 1.82) is 0 Å². The molecular weight excluding hydrogens is 363 g/mol. The lowest BCUT2D eigenvalue weighted by Crippen LogP contribution is -2.12. The molecule has 2 aromatic carbocycles. The molecule has 0 spiro atoms. The van der Waals surface area contributed by atoms with Crippen molar-refractivity contribution < 1.29 is 22.4 Å². The molecule has 1 nitrogen and oxygen atoms in total. The van der Waals surface area contributed by atoms with Gasteiger partial charge < -0.3 is 22.4 Å². The van der Waals surface area contributed by atoms with Crippen LogP contribution in [-0.4, -0.2) is 12.4 Å². The zero-order chi connectivity index (χ0) is 20.0. The van der Waals surface area contributed by atoms with E-state index in [0.29, 0.717) is 5.75 Å². The van der Waals surface area contributed by atoms with Crippen molar-refractivity contribution >= 4 is 19.0 Å². The zero-order valence-electron chi connectivity index (χ0n) is 15.4. The van der Waals surface area contributed by atoms with Crippen LogP contribution >= 0.6 is 0 Å². The summed E-state index contributed by atoms with van der Waals surface area (Å²) in [5.74, 6) is 2.55. The highest BCUT2D eigenvalue weighted by Crippen LogP contribution is 2.34. The first-order valence-electron chi connectivity index (χ1n) is 8.25. The normalized spacial score (nSPS) is 11.7. The van der Waals surface area contributed by atoms with Crippen molar-refractivity contribution in [3.63, 3.8) is 0 Å². The first kappa shape index (κ1) is 22.4. The van der Waals surface area contributed by atoms with E-state index in [1.165, 1.54) is 22.9 Å². The van der Waals surface area contributed by atoms with Crippen LogP contribution in [0.4, 0.5) is 17.3 Å².